The van der Waals surface area contributed by atoms with Gasteiger partial charge in [0.1, 0.15) is 0 Å². The maximum Gasteiger partial charge on any atom is 0.211 e. The molecule has 8 heavy (non-hydrogen) atoms. The first-order chi connectivity index (χ1) is 3.97. The van der Waals surface area contributed by atoms with Gasteiger partial charge in [0, 0.05) is 24.3 Å². The molecule has 0 fully saturated rings. The van der Waals surface area contributed by atoms with Crippen molar-refractivity contribution >= 4 is 6.21 Å². The van der Waals surface area contributed by atoms with Crippen molar-refractivity contribution in [3.8, 4) is 0 Å². The Morgan fingerprint density at radius 1 is 1.25 bits per heavy atom. The standard InChI is InChI=1S/C7H6N/c1-3-7-4-2-6-8(7)5-1/h1-6H/q+1. The number of fused-ring (bicyclic) bond motifs is 1. The summed E-state index contributed by atoms with van der Waals surface area (Å²) in [5.41, 5.74) is 1.27. The summed E-state index contributed by atoms with van der Waals surface area (Å²) in [6.45, 7) is 0. The number of allylic oxidation sites excluding steroid dienone is 4. The molecule has 0 bridgehead atoms. The van der Waals surface area contributed by atoms with Crippen LogP contribution in [0.25, 0.3) is 0 Å². The van der Waals surface area contributed by atoms with Crippen LogP contribution in [0.1, 0.15) is 0 Å². The molecule has 0 spiro atoms. The second-order valence-electron chi connectivity index (χ2n) is 1.85. The van der Waals surface area contributed by atoms with Crippen LogP contribution < -0.4 is 0 Å². The van der Waals surface area contributed by atoms with Crippen molar-refractivity contribution in [1.29, 1.82) is 0 Å². The Morgan fingerprint density at radius 2 is 2.25 bits per heavy atom. The van der Waals surface area contributed by atoms with Crippen LogP contribution in [-0.2, 0) is 0 Å². The second-order valence-corrected chi connectivity index (χ2v) is 1.85. The topological polar surface area (TPSA) is 3.01 Å². The summed E-state index contributed by atoms with van der Waals surface area (Å²) in [6, 6.07) is 0. The lowest BCUT2D eigenvalue weighted by atomic mass is 10.4. The summed E-state index contributed by atoms with van der Waals surface area (Å²) in [7, 11) is 0. The number of hydrogen-bond acceptors (Lipinski definition) is 0. The SMILES string of the molecule is C1=CC2=CC=C[N+]2=C1. The predicted molar refractivity (Wildman–Crippen MR) is 32.7 cm³/mol. The summed E-state index contributed by atoms with van der Waals surface area (Å²) < 4.78 is 2.08. The van der Waals surface area contributed by atoms with E-state index in [4.69, 9.17) is 0 Å². The number of nitrogens with zero attached hydrogens (tertiary/aromatic N) is 1. The molecular formula is C7H6N+. The number of hydrogen-bond donors (Lipinski definition) is 0. The molecule has 2 rings (SSSR count). The molecule has 2 aliphatic heterocycles. The first kappa shape index (κ1) is 3.84. The molecule has 0 aliphatic carbocycles. The van der Waals surface area contributed by atoms with E-state index >= 15 is 0 Å². The Bertz CT molecular complexity index is 203. The highest BCUT2D eigenvalue weighted by Crippen LogP contribution is 2.10. The van der Waals surface area contributed by atoms with E-state index in [9.17, 15) is 0 Å². The normalized spacial score (nSPS) is 21.0. The molecule has 0 atom stereocenters. The molecule has 1 heteroatoms. The minimum Gasteiger partial charge on any atom is -0.167 e. The number of rotatable bonds is 0. The third-order valence-electron chi connectivity index (χ3n) is 1.33. The Hall–Kier alpha value is -1.11. The third kappa shape index (κ3) is 0.334. The Morgan fingerprint density at radius 3 is 3.12 bits per heavy atom. The van der Waals surface area contributed by atoms with Crippen molar-refractivity contribution in [2.75, 3.05) is 0 Å². The Balaban J connectivity index is 2.59. The van der Waals surface area contributed by atoms with Gasteiger partial charge in [-0.2, -0.15) is 4.58 Å². The Labute approximate surface area is 48.0 Å². The van der Waals surface area contributed by atoms with Crippen LogP contribution in [0, 0.1) is 0 Å². The fourth-order valence-corrected chi connectivity index (χ4v) is 0.918. The van der Waals surface area contributed by atoms with Crippen molar-refractivity contribution in [3.05, 3.63) is 36.2 Å². The van der Waals surface area contributed by atoms with E-state index in [1.807, 2.05) is 24.6 Å². The Kier molecular flexibility index (Phi) is 0.570. The van der Waals surface area contributed by atoms with E-state index in [-0.39, 0.29) is 0 Å². The lowest BCUT2D eigenvalue weighted by Crippen LogP contribution is -1.91. The molecule has 0 radical (unpaired) electrons. The molecule has 0 amide bonds. The van der Waals surface area contributed by atoms with Crippen LogP contribution in [0.3, 0.4) is 0 Å². The molecule has 0 aromatic heterocycles. The van der Waals surface area contributed by atoms with Gasteiger partial charge in [-0.15, -0.1) is 0 Å². The maximum absolute atomic E-state index is 2.08. The van der Waals surface area contributed by atoms with Gasteiger partial charge in [0.2, 0.25) is 5.70 Å². The van der Waals surface area contributed by atoms with Crippen LogP contribution in [0.2, 0.25) is 0 Å². The minimum absolute atomic E-state index is 1.27. The smallest absolute Gasteiger partial charge is 0.167 e. The van der Waals surface area contributed by atoms with Crippen molar-refractivity contribution < 1.29 is 4.58 Å². The molecular weight excluding hydrogens is 98.1 g/mol. The molecule has 38 valence electrons. The van der Waals surface area contributed by atoms with Gasteiger partial charge < -0.3 is 0 Å². The van der Waals surface area contributed by atoms with E-state index in [1.165, 1.54) is 5.70 Å². The lowest BCUT2D eigenvalue weighted by molar-refractivity contribution is -0.380. The highest BCUT2D eigenvalue weighted by molar-refractivity contribution is 5.71. The minimum atomic E-state index is 1.27. The van der Waals surface area contributed by atoms with Gasteiger partial charge in [-0.3, -0.25) is 0 Å². The molecule has 0 N–H and O–H groups in total. The van der Waals surface area contributed by atoms with Gasteiger partial charge in [0.05, 0.1) is 0 Å². The molecule has 0 aromatic rings. The molecule has 2 aliphatic rings. The van der Waals surface area contributed by atoms with Crippen LogP contribution in [0.5, 0.6) is 0 Å². The van der Waals surface area contributed by atoms with E-state index in [1.54, 1.807) is 0 Å². The molecule has 0 saturated carbocycles. The molecule has 0 unspecified atom stereocenters. The van der Waals surface area contributed by atoms with Crippen LogP contribution in [0.15, 0.2) is 36.2 Å². The molecule has 0 saturated heterocycles. The molecule has 1 nitrogen and oxygen atoms in total. The predicted octanol–water partition coefficient (Wildman–Crippen LogP) is 1.05. The fourth-order valence-electron chi connectivity index (χ4n) is 0.918. The van der Waals surface area contributed by atoms with Crippen LogP contribution >= 0.6 is 0 Å². The monoisotopic (exact) mass is 104 g/mol. The zero-order valence-electron chi connectivity index (χ0n) is 4.41. The van der Waals surface area contributed by atoms with Gasteiger partial charge >= 0.3 is 0 Å². The van der Waals surface area contributed by atoms with Gasteiger partial charge in [-0.05, 0) is 0 Å². The average Bonchev–Trinajstić information content (AvgIpc) is 2.15. The maximum atomic E-state index is 2.08. The molecule has 2 heterocycles. The van der Waals surface area contributed by atoms with Crippen molar-refractivity contribution in [2.45, 2.75) is 0 Å². The fraction of sp³-hybridized carbons (Fsp3) is 0. The second kappa shape index (κ2) is 1.19. The van der Waals surface area contributed by atoms with Gasteiger partial charge in [0.25, 0.3) is 0 Å². The highest BCUT2D eigenvalue weighted by atomic mass is 15.0. The zero-order chi connectivity index (χ0) is 5.40. The highest BCUT2D eigenvalue weighted by Gasteiger charge is 2.13. The van der Waals surface area contributed by atoms with Crippen molar-refractivity contribution in [1.82, 2.24) is 0 Å². The van der Waals surface area contributed by atoms with E-state index < -0.39 is 0 Å². The van der Waals surface area contributed by atoms with Gasteiger partial charge in [-0.25, -0.2) is 0 Å². The van der Waals surface area contributed by atoms with E-state index in [0.29, 0.717) is 0 Å². The van der Waals surface area contributed by atoms with Gasteiger partial charge in [0.15, 0.2) is 12.4 Å². The summed E-state index contributed by atoms with van der Waals surface area (Å²) in [5, 5.41) is 0. The van der Waals surface area contributed by atoms with E-state index in [0.717, 1.165) is 0 Å². The first-order valence-corrected chi connectivity index (χ1v) is 2.65. The summed E-state index contributed by atoms with van der Waals surface area (Å²) in [6.07, 6.45) is 12.3. The van der Waals surface area contributed by atoms with Crippen molar-refractivity contribution in [2.24, 2.45) is 0 Å². The van der Waals surface area contributed by atoms with Crippen LogP contribution in [-0.4, -0.2) is 10.8 Å². The first-order valence-electron chi connectivity index (χ1n) is 2.65. The average molecular weight is 104 g/mol. The summed E-state index contributed by atoms with van der Waals surface area (Å²) in [4.78, 5) is 0. The zero-order valence-corrected chi connectivity index (χ0v) is 4.41. The van der Waals surface area contributed by atoms with E-state index in [2.05, 4.69) is 16.7 Å². The largest absolute Gasteiger partial charge is 0.211 e. The van der Waals surface area contributed by atoms with Crippen LogP contribution in [0.4, 0.5) is 0 Å². The third-order valence-corrected chi connectivity index (χ3v) is 1.33. The summed E-state index contributed by atoms with van der Waals surface area (Å²) in [5.74, 6) is 0. The quantitative estimate of drug-likeness (QED) is 0.404. The van der Waals surface area contributed by atoms with Crippen molar-refractivity contribution in [3.63, 3.8) is 0 Å². The summed E-state index contributed by atoms with van der Waals surface area (Å²) >= 11 is 0. The van der Waals surface area contributed by atoms with Gasteiger partial charge in [-0.1, -0.05) is 0 Å². The lowest BCUT2D eigenvalue weighted by Gasteiger charge is -1.79. The molecule has 0 aromatic carbocycles.